The fourth-order valence-electron chi connectivity index (χ4n) is 3.73. The number of pyridine rings is 2. The van der Waals surface area contributed by atoms with Gasteiger partial charge in [0.1, 0.15) is 17.0 Å². The number of aromatic amines is 2. The van der Waals surface area contributed by atoms with Crippen molar-refractivity contribution in [2.24, 2.45) is 0 Å². The van der Waals surface area contributed by atoms with Gasteiger partial charge in [-0.05, 0) is 35.7 Å². The molecule has 6 aromatic rings. The van der Waals surface area contributed by atoms with Crippen LogP contribution in [0.15, 0.2) is 59.7 Å². The molecule has 0 aliphatic heterocycles. The van der Waals surface area contributed by atoms with Gasteiger partial charge >= 0.3 is 0 Å². The van der Waals surface area contributed by atoms with Crippen LogP contribution >= 0.6 is 11.3 Å². The third-order valence-corrected chi connectivity index (χ3v) is 5.84. The number of hydrogen-bond donors (Lipinski definition) is 3. The van der Waals surface area contributed by atoms with Crippen LogP contribution in [0.5, 0.6) is 0 Å². The van der Waals surface area contributed by atoms with Crippen molar-refractivity contribution in [1.82, 2.24) is 30.1 Å². The standard InChI is InChI=1S/C22H14FN7S/c23-18-14(12-7-13(24)9-25-8-12)1-2-15-17(18)21(30-29-15)22-27-16-3-5-26-19(20(16)28-22)11-4-6-31-10-11/h1-10H,24H2,(H,27,28)(H,29,30). The zero-order valence-electron chi connectivity index (χ0n) is 15.9. The Labute approximate surface area is 178 Å². The predicted molar refractivity (Wildman–Crippen MR) is 120 cm³/mol. The van der Waals surface area contributed by atoms with E-state index in [1.54, 1.807) is 41.9 Å². The molecule has 0 amide bonds. The lowest BCUT2D eigenvalue weighted by atomic mass is 10.0. The highest BCUT2D eigenvalue weighted by Gasteiger charge is 2.20. The first-order chi connectivity index (χ1) is 15.2. The van der Waals surface area contributed by atoms with E-state index in [-0.39, 0.29) is 0 Å². The summed E-state index contributed by atoms with van der Waals surface area (Å²) in [6.45, 7) is 0. The zero-order valence-corrected chi connectivity index (χ0v) is 16.7. The van der Waals surface area contributed by atoms with E-state index in [1.807, 2.05) is 22.9 Å². The Balaban J connectivity index is 1.56. The second kappa shape index (κ2) is 6.71. The second-order valence-electron chi connectivity index (χ2n) is 7.08. The normalized spacial score (nSPS) is 11.5. The van der Waals surface area contributed by atoms with Gasteiger partial charge in [0.05, 0.1) is 27.8 Å². The third-order valence-electron chi connectivity index (χ3n) is 5.16. The first-order valence-electron chi connectivity index (χ1n) is 9.44. The van der Waals surface area contributed by atoms with E-state index in [4.69, 9.17) is 10.7 Å². The molecule has 0 saturated heterocycles. The van der Waals surface area contributed by atoms with E-state index in [0.29, 0.717) is 44.8 Å². The van der Waals surface area contributed by atoms with Crippen LogP contribution < -0.4 is 5.73 Å². The van der Waals surface area contributed by atoms with E-state index in [9.17, 15) is 0 Å². The number of nitrogens with zero attached hydrogens (tertiary/aromatic N) is 4. The lowest BCUT2D eigenvalue weighted by molar-refractivity contribution is 0.643. The van der Waals surface area contributed by atoms with E-state index in [1.165, 1.54) is 6.20 Å². The fourth-order valence-corrected chi connectivity index (χ4v) is 4.37. The van der Waals surface area contributed by atoms with Crippen molar-refractivity contribution < 1.29 is 4.39 Å². The van der Waals surface area contributed by atoms with Crippen LogP contribution in [0.1, 0.15) is 0 Å². The molecule has 0 saturated carbocycles. The Morgan fingerprint density at radius 1 is 1.00 bits per heavy atom. The summed E-state index contributed by atoms with van der Waals surface area (Å²) in [5.74, 6) is 0.0535. The van der Waals surface area contributed by atoms with Gasteiger partial charge in [0.15, 0.2) is 5.82 Å². The molecule has 0 aliphatic carbocycles. The smallest absolute Gasteiger partial charge is 0.159 e. The first-order valence-corrected chi connectivity index (χ1v) is 10.4. The molecule has 7 nitrogen and oxygen atoms in total. The summed E-state index contributed by atoms with van der Waals surface area (Å²) in [5, 5.41) is 11.6. The molecule has 0 bridgehead atoms. The molecule has 0 aliphatic rings. The molecule has 9 heteroatoms. The summed E-state index contributed by atoms with van der Waals surface area (Å²) in [6.07, 6.45) is 4.84. The van der Waals surface area contributed by atoms with Crippen LogP contribution in [0, 0.1) is 5.82 Å². The lowest BCUT2D eigenvalue weighted by Crippen LogP contribution is -1.91. The maximum Gasteiger partial charge on any atom is 0.159 e. The van der Waals surface area contributed by atoms with Crippen molar-refractivity contribution in [3.05, 3.63) is 65.5 Å². The van der Waals surface area contributed by atoms with E-state index < -0.39 is 5.82 Å². The van der Waals surface area contributed by atoms with Crippen molar-refractivity contribution in [3.63, 3.8) is 0 Å². The molecular formula is C22H14FN7S. The number of thiophene rings is 1. The molecule has 6 rings (SSSR count). The zero-order chi connectivity index (χ0) is 20.9. The number of nitrogen functional groups attached to an aromatic ring is 1. The van der Waals surface area contributed by atoms with Crippen molar-refractivity contribution >= 4 is 39.0 Å². The van der Waals surface area contributed by atoms with Crippen molar-refractivity contribution in [1.29, 1.82) is 0 Å². The molecule has 0 fully saturated rings. The number of anilines is 1. The molecule has 1 aromatic carbocycles. The summed E-state index contributed by atoms with van der Waals surface area (Å²) >= 11 is 1.59. The Bertz CT molecular complexity index is 1570. The number of imidazole rings is 1. The summed E-state index contributed by atoms with van der Waals surface area (Å²) in [6, 6.07) is 9.01. The van der Waals surface area contributed by atoms with E-state index >= 15 is 4.39 Å². The minimum absolute atomic E-state index is 0.351. The van der Waals surface area contributed by atoms with E-state index in [2.05, 4.69) is 25.1 Å². The quantitative estimate of drug-likeness (QED) is 0.368. The molecule has 5 heterocycles. The van der Waals surface area contributed by atoms with Crippen LogP contribution in [-0.2, 0) is 0 Å². The number of rotatable bonds is 3. The SMILES string of the molecule is Nc1cncc(-c2ccc3[nH]nc(-c4nc5c(-c6ccsc6)nccc5[nH]4)c3c2F)c1. The molecular weight excluding hydrogens is 413 g/mol. The van der Waals surface area contributed by atoms with Gasteiger partial charge in [-0.3, -0.25) is 15.1 Å². The Kier molecular flexibility index (Phi) is 3.84. The third kappa shape index (κ3) is 2.78. The Morgan fingerprint density at radius 2 is 1.94 bits per heavy atom. The van der Waals surface area contributed by atoms with Gasteiger partial charge in [-0.15, -0.1) is 0 Å². The highest BCUT2D eigenvalue weighted by atomic mass is 32.1. The fraction of sp³-hybridized carbons (Fsp3) is 0. The molecule has 0 spiro atoms. The average Bonchev–Trinajstić information content (AvgIpc) is 3.52. The molecule has 31 heavy (non-hydrogen) atoms. The highest BCUT2D eigenvalue weighted by molar-refractivity contribution is 7.08. The summed E-state index contributed by atoms with van der Waals surface area (Å²) in [4.78, 5) is 16.5. The van der Waals surface area contributed by atoms with Crippen molar-refractivity contribution in [2.45, 2.75) is 0 Å². The summed E-state index contributed by atoms with van der Waals surface area (Å²) in [5.41, 5.74) is 11.5. The minimum Gasteiger partial charge on any atom is -0.397 e. The van der Waals surface area contributed by atoms with Crippen LogP contribution in [0.2, 0.25) is 0 Å². The van der Waals surface area contributed by atoms with Crippen molar-refractivity contribution in [2.75, 3.05) is 5.73 Å². The topological polar surface area (TPSA) is 109 Å². The Morgan fingerprint density at radius 3 is 2.77 bits per heavy atom. The largest absolute Gasteiger partial charge is 0.397 e. The number of H-pyrrole nitrogens is 2. The molecule has 4 N–H and O–H groups in total. The number of nitrogens with one attached hydrogen (secondary N) is 2. The molecule has 5 aromatic heterocycles. The number of aromatic nitrogens is 6. The Hall–Kier alpha value is -4.11. The van der Waals surface area contributed by atoms with Gasteiger partial charge in [-0.25, -0.2) is 9.37 Å². The molecule has 0 atom stereocenters. The van der Waals surface area contributed by atoms with Crippen molar-refractivity contribution in [3.8, 4) is 33.9 Å². The van der Waals surface area contributed by atoms with Crippen LogP contribution in [0.25, 0.3) is 55.8 Å². The monoisotopic (exact) mass is 427 g/mol. The van der Waals surface area contributed by atoms with Gasteiger partial charge in [0.2, 0.25) is 0 Å². The molecule has 150 valence electrons. The average molecular weight is 427 g/mol. The summed E-state index contributed by atoms with van der Waals surface area (Å²) in [7, 11) is 0. The van der Waals surface area contributed by atoms with E-state index in [0.717, 1.165) is 16.8 Å². The van der Waals surface area contributed by atoms with Gasteiger partial charge < -0.3 is 10.7 Å². The van der Waals surface area contributed by atoms with Gasteiger partial charge in [-0.1, -0.05) is 0 Å². The lowest BCUT2D eigenvalue weighted by Gasteiger charge is -2.05. The highest BCUT2D eigenvalue weighted by Crippen LogP contribution is 2.35. The number of hydrogen-bond acceptors (Lipinski definition) is 6. The maximum atomic E-state index is 15.6. The molecule has 0 radical (unpaired) electrons. The number of fused-ring (bicyclic) bond motifs is 2. The maximum absolute atomic E-state index is 15.6. The number of benzene rings is 1. The number of nitrogens with two attached hydrogens (primary N) is 1. The van der Waals surface area contributed by atoms with Gasteiger partial charge in [-0.2, -0.15) is 16.4 Å². The predicted octanol–water partition coefficient (Wildman–Crippen LogP) is 5.01. The van der Waals surface area contributed by atoms with Gasteiger partial charge in [0.25, 0.3) is 0 Å². The molecule has 0 unspecified atom stereocenters. The van der Waals surface area contributed by atoms with Crippen LogP contribution in [-0.4, -0.2) is 30.1 Å². The van der Waals surface area contributed by atoms with Gasteiger partial charge in [0, 0.05) is 40.7 Å². The second-order valence-corrected chi connectivity index (χ2v) is 7.86. The minimum atomic E-state index is -0.412. The van der Waals surface area contributed by atoms with Crippen LogP contribution in [0.4, 0.5) is 10.1 Å². The van der Waals surface area contributed by atoms with Crippen LogP contribution in [0.3, 0.4) is 0 Å². The number of halogens is 1. The summed E-state index contributed by atoms with van der Waals surface area (Å²) < 4.78 is 15.6. The first kappa shape index (κ1) is 17.7.